The molecule has 2 N–H and O–H groups in total. The largest absolute Gasteiger partial charge is 0.456 e. The van der Waals surface area contributed by atoms with E-state index in [-0.39, 0.29) is 31.5 Å². The van der Waals surface area contributed by atoms with Gasteiger partial charge < -0.3 is 15.4 Å². The van der Waals surface area contributed by atoms with Crippen LogP contribution >= 0.6 is 11.6 Å². The predicted molar refractivity (Wildman–Crippen MR) is 127 cm³/mol. The summed E-state index contributed by atoms with van der Waals surface area (Å²) in [6.07, 6.45) is 0.569. The molecule has 0 radical (unpaired) electrons. The van der Waals surface area contributed by atoms with Gasteiger partial charge in [0.05, 0.1) is 12.5 Å². The number of carbonyl (C=O) groups excluding carboxylic acids is 3. The van der Waals surface area contributed by atoms with Gasteiger partial charge in [0.15, 0.2) is 6.61 Å². The van der Waals surface area contributed by atoms with E-state index in [0.29, 0.717) is 17.0 Å². The van der Waals surface area contributed by atoms with Crippen LogP contribution in [0.2, 0.25) is 5.02 Å². The third-order valence-electron chi connectivity index (χ3n) is 4.91. The topological polar surface area (TPSA) is 84.5 Å². The maximum Gasteiger partial charge on any atom is 0.308 e. The van der Waals surface area contributed by atoms with Crippen molar-refractivity contribution in [2.24, 2.45) is 0 Å². The number of halogens is 1. The van der Waals surface area contributed by atoms with Crippen molar-refractivity contribution in [2.45, 2.75) is 18.9 Å². The number of esters is 1. The minimum absolute atomic E-state index is 0.0429. The van der Waals surface area contributed by atoms with Crippen LogP contribution in [0.1, 0.15) is 33.9 Å². The number of hydrogen-bond donors (Lipinski definition) is 2. The molecule has 0 aliphatic rings. The lowest BCUT2D eigenvalue weighted by molar-refractivity contribution is -0.148. The summed E-state index contributed by atoms with van der Waals surface area (Å²) >= 11 is 5.80. The zero-order chi connectivity index (χ0) is 23.5. The number of rotatable bonds is 10. The van der Waals surface area contributed by atoms with Crippen molar-refractivity contribution in [2.75, 3.05) is 13.2 Å². The first kappa shape index (κ1) is 24.0. The van der Waals surface area contributed by atoms with Crippen LogP contribution in [0.15, 0.2) is 84.9 Å². The van der Waals surface area contributed by atoms with E-state index in [1.165, 1.54) is 0 Å². The molecule has 0 fully saturated rings. The molecule has 0 aliphatic carbocycles. The van der Waals surface area contributed by atoms with E-state index in [1.54, 1.807) is 24.3 Å². The first-order valence-electron chi connectivity index (χ1n) is 10.6. The zero-order valence-electron chi connectivity index (χ0n) is 18.0. The van der Waals surface area contributed by atoms with Crippen molar-refractivity contribution in [3.05, 3.63) is 107 Å². The molecule has 2 amide bonds. The molecule has 0 aromatic heterocycles. The second-order valence-electron chi connectivity index (χ2n) is 7.39. The number of ether oxygens (including phenoxy) is 1. The molecule has 170 valence electrons. The van der Waals surface area contributed by atoms with E-state index in [4.69, 9.17) is 16.3 Å². The molecule has 3 rings (SSSR count). The quantitative estimate of drug-likeness (QED) is 0.442. The van der Waals surface area contributed by atoms with Gasteiger partial charge in [0, 0.05) is 17.1 Å². The summed E-state index contributed by atoms with van der Waals surface area (Å²) in [5.41, 5.74) is 2.49. The van der Waals surface area contributed by atoms with Crippen molar-refractivity contribution >= 4 is 29.4 Å². The maximum atomic E-state index is 12.4. The number of benzene rings is 3. The highest BCUT2D eigenvalue weighted by atomic mass is 35.5. The molecular formula is C26H25ClN2O4. The molecule has 1 atom stereocenters. The Morgan fingerprint density at radius 1 is 0.848 bits per heavy atom. The minimum atomic E-state index is -0.569. The van der Waals surface area contributed by atoms with Gasteiger partial charge in [0.1, 0.15) is 0 Å². The molecule has 3 aromatic rings. The molecule has 1 unspecified atom stereocenters. The lowest BCUT2D eigenvalue weighted by Crippen LogP contribution is -2.34. The Morgan fingerprint density at radius 3 is 2.15 bits per heavy atom. The third-order valence-corrected chi connectivity index (χ3v) is 5.16. The summed E-state index contributed by atoms with van der Waals surface area (Å²) < 4.78 is 5.07. The monoisotopic (exact) mass is 464 g/mol. The average molecular weight is 465 g/mol. The number of carbonyl (C=O) groups is 3. The van der Waals surface area contributed by atoms with Crippen molar-refractivity contribution in [1.82, 2.24) is 10.6 Å². The maximum absolute atomic E-state index is 12.4. The van der Waals surface area contributed by atoms with Crippen LogP contribution in [0.4, 0.5) is 0 Å². The van der Waals surface area contributed by atoms with Gasteiger partial charge in [-0.25, -0.2) is 0 Å². The van der Waals surface area contributed by atoms with Gasteiger partial charge in [-0.05, 0) is 41.8 Å². The normalized spacial score (nSPS) is 11.3. The van der Waals surface area contributed by atoms with Gasteiger partial charge in [-0.3, -0.25) is 14.4 Å². The van der Waals surface area contributed by atoms with Crippen molar-refractivity contribution in [1.29, 1.82) is 0 Å². The smallest absolute Gasteiger partial charge is 0.308 e. The van der Waals surface area contributed by atoms with E-state index in [2.05, 4.69) is 10.6 Å². The number of nitrogens with one attached hydrogen (secondary N) is 2. The molecule has 0 saturated carbocycles. The van der Waals surface area contributed by atoms with Gasteiger partial charge in [-0.15, -0.1) is 0 Å². The van der Waals surface area contributed by atoms with Crippen LogP contribution in [0.3, 0.4) is 0 Å². The zero-order valence-corrected chi connectivity index (χ0v) is 18.8. The highest BCUT2D eigenvalue weighted by molar-refractivity contribution is 6.30. The highest BCUT2D eigenvalue weighted by Gasteiger charge is 2.16. The Kier molecular flexibility index (Phi) is 9.03. The van der Waals surface area contributed by atoms with Gasteiger partial charge in [-0.1, -0.05) is 72.3 Å². The number of amides is 2. The molecule has 0 saturated heterocycles. The molecule has 0 spiro atoms. The van der Waals surface area contributed by atoms with Gasteiger partial charge >= 0.3 is 5.97 Å². The molecule has 3 aromatic carbocycles. The standard InChI is InChI=1S/C26H25ClN2O4/c27-22-13-11-21(12-14-22)26(32)28-16-15-25(31)33-18-24(30)29-23(20-9-5-2-6-10-20)17-19-7-3-1-4-8-19/h1-14,23H,15-18H2,(H,28,32)(H,29,30). The summed E-state index contributed by atoms with van der Waals surface area (Å²) in [5.74, 6) is -1.27. The molecule has 33 heavy (non-hydrogen) atoms. The van der Waals surface area contributed by atoms with Gasteiger partial charge in [0.2, 0.25) is 0 Å². The van der Waals surface area contributed by atoms with Gasteiger partial charge in [0.25, 0.3) is 11.8 Å². The van der Waals surface area contributed by atoms with Crippen LogP contribution in [0.25, 0.3) is 0 Å². The molecule has 0 heterocycles. The van der Waals surface area contributed by atoms with Crippen LogP contribution in [-0.4, -0.2) is 30.9 Å². The van der Waals surface area contributed by atoms with E-state index in [0.717, 1.165) is 11.1 Å². The summed E-state index contributed by atoms with van der Waals surface area (Å²) in [5, 5.41) is 6.11. The second-order valence-corrected chi connectivity index (χ2v) is 7.83. The van der Waals surface area contributed by atoms with E-state index in [9.17, 15) is 14.4 Å². The van der Waals surface area contributed by atoms with Crippen molar-refractivity contribution < 1.29 is 19.1 Å². The fraction of sp³-hybridized carbons (Fsp3) is 0.192. The van der Waals surface area contributed by atoms with Crippen LogP contribution in [0, 0.1) is 0 Å². The third kappa shape index (κ3) is 8.09. The Bertz CT molecular complexity index is 1060. The number of hydrogen-bond acceptors (Lipinski definition) is 4. The Labute approximate surface area is 197 Å². The van der Waals surface area contributed by atoms with Crippen LogP contribution in [-0.2, 0) is 20.7 Å². The van der Waals surface area contributed by atoms with Gasteiger partial charge in [-0.2, -0.15) is 0 Å². The summed E-state index contributed by atoms with van der Waals surface area (Å²) in [6.45, 7) is -0.287. The molecule has 7 heteroatoms. The average Bonchev–Trinajstić information content (AvgIpc) is 2.84. The predicted octanol–water partition coefficient (Wildman–Crippen LogP) is 4.10. The molecular weight excluding hydrogens is 440 g/mol. The Balaban J connectivity index is 1.44. The molecule has 0 bridgehead atoms. The summed E-state index contributed by atoms with van der Waals surface area (Å²) in [6, 6.07) is 25.7. The fourth-order valence-corrected chi connectivity index (χ4v) is 3.35. The summed E-state index contributed by atoms with van der Waals surface area (Å²) in [4.78, 5) is 36.5. The van der Waals surface area contributed by atoms with Crippen molar-refractivity contribution in [3.63, 3.8) is 0 Å². The first-order chi connectivity index (χ1) is 16.0. The van der Waals surface area contributed by atoms with E-state index >= 15 is 0 Å². The molecule has 6 nitrogen and oxygen atoms in total. The van der Waals surface area contributed by atoms with Crippen LogP contribution in [0.5, 0.6) is 0 Å². The lowest BCUT2D eigenvalue weighted by atomic mass is 9.99. The SMILES string of the molecule is O=C(COC(=O)CCNC(=O)c1ccc(Cl)cc1)NC(Cc1ccccc1)c1ccccc1. The van der Waals surface area contributed by atoms with E-state index in [1.807, 2.05) is 60.7 Å². The van der Waals surface area contributed by atoms with Crippen LogP contribution < -0.4 is 10.6 Å². The Morgan fingerprint density at radius 2 is 1.48 bits per heavy atom. The lowest BCUT2D eigenvalue weighted by Gasteiger charge is -2.19. The highest BCUT2D eigenvalue weighted by Crippen LogP contribution is 2.18. The first-order valence-corrected chi connectivity index (χ1v) is 11.0. The second kappa shape index (κ2) is 12.4. The van der Waals surface area contributed by atoms with Crippen molar-refractivity contribution in [3.8, 4) is 0 Å². The minimum Gasteiger partial charge on any atom is -0.456 e. The Hall–Kier alpha value is -3.64. The molecule has 0 aliphatic heterocycles. The summed E-state index contributed by atoms with van der Waals surface area (Å²) in [7, 11) is 0. The fourth-order valence-electron chi connectivity index (χ4n) is 3.22. The van der Waals surface area contributed by atoms with E-state index < -0.39 is 11.9 Å².